The highest BCUT2D eigenvalue weighted by molar-refractivity contribution is 5.35. The summed E-state index contributed by atoms with van der Waals surface area (Å²) in [5, 5.41) is 8.82. The van der Waals surface area contributed by atoms with Gasteiger partial charge in [-0.3, -0.25) is 0 Å². The summed E-state index contributed by atoms with van der Waals surface area (Å²) in [5.41, 5.74) is 1.23. The number of aromatic nitrogens is 2. The molecule has 0 aliphatic heterocycles. The van der Waals surface area contributed by atoms with Crippen LogP contribution in [0.15, 0.2) is 6.07 Å². The number of rotatable bonds is 4. The van der Waals surface area contributed by atoms with Gasteiger partial charge in [0.2, 0.25) is 5.95 Å². The van der Waals surface area contributed by atoms with Gasteiger partial charge in [-0.2, -0.15) is 5.26 Å². The Kier molecular flexibility index (Phi) is 4.20. The van der Waals surface area contributed by atoms with Crippen molar-refractivity contribution in [3.63, 3.8) is 0 Å². The summed E-state index contributed by atoms with van der Waals surface area (Å²) in [7, 11) is 5.97. The zero-order valence-corrected chi connectivity index (χ0v) is 10.2. The largest absolute Gasteiger partial charge is 0.343 e. The molecule has 0 amide bonds. The van der Waals surface area contributed by atoms with Gasteiger partial charge in [0.25, 0.3) is 0 Å². The zero-order valence-electron chi connectivity index (χ0n) is 10.2. The van der Waals surface area contributed by atoms with Crippen LogP contribution >= 0.6 is 0 Å². The van der Waals surface area contributed by atoms with E-state index in [0.29, 0.717) is 11.6 Å². The predicted octanol–water partition coefficient (Wildman–Crippen LogP) is 0.655. The van der Waals surface area contributed by atoms with E-state index >= 15 is 0 Å². The first-order valence-corrected chi connectivity index (χ1v) is 5.14. The Balaban J connectivity index is 2.79. The number of likely N-dealkylation sites (N-methyl/N-ethyl adjacent to an activating group) is 2. The lowest BCUT2D eigenvalue weighted by Gasteiger charge is -2.19. The third-order valence-corrected chi connectivity index (χ3v) is 2.18. The molecule has 0 aliphatic rings. The van der Waals surface area contributed by atoms with Gasteiger partial charge in [-0.1, -0.05) is 0 Å². The highest BCUT2D eigenvalue weighted by atomic mass is 15.2. The van der Waals surface area contributed by atoms with Crippen LogP contribution in [0.4, 0.5) is 5.95 Å². The summed E-state index contributed by atoms with van der Waals surface area (Å²) < 4.78 is 0. The molecular weight excluding hydrogens is 202 g/mol. The third kappa shape index (κ3) is 3.48. The Morgan fingerprint density at radius 2 is 1.94 bits per heavy atom. The second kappa shape index (κ2) is 5.42. The Morgan fingerprint density at radius 3 is 2.50 bits per heavy atom. The predicted molar refractivity (Wildman–Crippen MR) is 63.3 cm³/mol. The van der Waals surface area contributed by atoms with E-state index in [-0.39, 0.29) is 0 Å². The van der Waals surface area contributed by atoms with Crippen molar-refractivity contribution in [3.8, 4) is 6.07 Å². The van der Waals surface area contributed by atoms with Gasteiger partial charge in [-0.25, -0.2) is 9.97 Å². The molecule has 0 aliphatic carbocycles. The minimum absolute atomic E-state index is 0.416. The number of hydrogen-bond acceptors (Lipinski definition) is 5. The molecule has 5 heteroatoms. The fourth-order valence-corrected chi connectivity index (χ4v) is 1.23. The SMILES string of the molecule is Cc1cc(C#N)nc(N(C)CCN(C)C)n1. The van der Waals surface area contributed by atoms with Gasteiger partial charge < -0.3 is 9.80 Å². The van der Waals surface area contributed by atoms with Gasteiger partial charge in [0.1, 0.15) is 11.8 Å². The first-order valence-electron chi connectivity index (χ1n) is 5.14. The van der Waals surface area contributed by atoms with Crippen LogP contribution in [0.1, 0.15) is 11.4 Å². The Hall–Kier alpha value is -1.67. The van der Waals surface area contributed by atoms with Gasteiger partial charge in [-0.15, -0.1) is 0 Å². The summed E-state index contributed by atoms with van der Waals surface area (Å²) in [6.45, 7) is 3.63. The van der Waals surface area contributed by atoms with Crippen molar-refractivity contribution in [3.05, 3.63) is 17.5 Å². The molecule has 0 saturated carbocycles. The maximum Gasteiger partial charge on any atom is 0.226 e. The van der Waals surface area contributed by atoms with Crippen LogP contribution in [0.2, 0.25) is 0 Å². The normalized spacial score (nSPS) is 10.2. The molecule has 5 nitrogen and oxygen atoms in total. The molecule has 16 heavy (non-hydrogen) atoms. The van der Waals surface area contributed by atoms with Gasteiger partial charge >= 0.3 is 0 Å². The smallest absolute Gasteiger partial charge is 0.226 e. The number of aryl methyl sites for hydroxylation is 1. The lowest BCUT2D eigenvalue weighted by Crippen LogP contribution is -2.29. The van der Waals surface area contributed by atoms with Gasteiger partial charge in [-0.05, 0) is 27.1 Å². The molecule has 1 aromatic rings. The van der Waals surface area contributed by atoms with Gasteiger partial charge in [0.15, 0.2) is 0 Å². The highest BCUT2D eigenvalue weighted by Crippen LogP contribution is 2.07. The van der Waals surface area contributed by atoms with Crippen molar-refractivity contribution in [2.45, 2.75) is 6.92 Å². The van der Waals surface area contributed by atoms with Crippen molar-refractivity contribution in [2.75, 3.05) is 39.1 Å². The van der Waals surface area contributed by atoms with E-state index in [9.17, 15) is 0 Å². The Morgan fingerprint density at radius 1 is 1.25 bits per heavy atom. The van der Waals surface area contributed by atoms with Crippen LogP contribution in [-0.2, 0) is 0 Å². The molecule has 1 heterocycles. The standard InChI is InChI=1S/C11H17N5/c1-9-7-10(8-12)14-11(13-9)16(4)6-5-15(2)3/h7H,5-6H2,1-4H3. The molecule has 1 rings (SSSR count). The quantitative estimate of drug-likeness (QED) is 0.744. The van der Waals surface area contributed by atoms with E-state index in [1.807, 2.05) is 39.0 Å². The van der Waals surface area contributed by atoms with Crippen LogP contribution in [0, 0.1) is 18.3 Å². The van der Waals surface area contributed by atoms with Crippen molar-refractivity contribution in [1.82, 2.24) is 14.9 Å². The number of anilines is 1. The first kappa shape index (κ1) is 12.4. The molecule has 0 atom stereocenters. The third-order valence-electron chi connectivity index (χ3n) is 2.18. The highest BCUT2D eigenvalue weighted by Gasteiger charge is 2.07. The first-order chi connectivity index (χ1) is 7.52. The fourth-order valence-electron chi connectivity index (χ4n) is 1.23. The molecule has 0 radical (unpaired) electrons. The number of hydrogen-bond donors (Lipinski definition) is 0. The minimum Gasteiger partial charge on any atom is -0.343 e. The van der Waals surface area contributed by atoms with Crippen LogP contribution in [0.25, 0.3) is 0 Å². The van der Waals surface area contributed by atoms with Crippen LogP contribution in [0.3, 0.4) is 0 Å². The monoisotopic (exact) mass is 219 g/mol. The second-order valence-corrected chi connectivity index (χ2v) is 4.03. The van der Waals surface area contributed by atoms with Crippen molar-refractivity contribution < 1.29 is 0 Å². The Bertz CT molecular complexity index is 394. The maximum atomic E-state index is 8.82. The van der Waals surface area contributed by atoms with E-state index in [4.69, 9.17) is 5.26 Å². The molecule has 86 valence electrons. The molecular formula is C11H17N5. The van der Waals surface area contributed by atoms with E-state index in [0.717, 1.165) is 18.8 Å². The fraction of sp³-hybridized carbons (Fsp3) is 0.545. The lowest BCUT2D eigenvalue weighted by molar-refractivity contribution is 0.415. The van der Waals surface area contributed by atoms with Crippen molar-refractivity contribution in [1.29, 1.82) is 5.26 Å². The zero-order chi connectivity index (χ0) is 12.1. The summed E-state index contributed by atoms with van der Waals surface area (Å²) >= 11 is 0. The number of nitrogens with zero attached hydrogens (tertiary/aromatic N) is 5. The topological polar surface area (TPSA) is 56.1 Å². The molecule has 1 aromatic heterocycles. The second-order valence-electron chi connectivity index (χ2n) is 4.03. The molecule has 0 spiro atoms. The van der Waals surface area contributed by atoms with Gasteiger partial charge in [0.05, 0.1) is 0 Å². The van der Waals surface area contributed by atoms with Crippen LogP contribution < -0.4 is 4.90 Å². The van der Waals surface area contributed by atoms with E-state index in [2.05, 4.69) is 14.9 Å². The van der Waals surface area contributed by atoms with Crippen LogP contribution in [0.5, 0.6) is 0 Å². The lowest BCUT2D eigenvalue weighted by atomic mass is 10.3. The van der Waals surface area contributed by atoms with Crippen LogP contribution in [-0.4, -0.2) is 49.1 Å². The van der Waals surface area contributed by atoms with Crippen molar-refractivity contribution >= 4 is 5.95 Å². The number of nitriles is 1. The van der Waals surface area contributed by atoms with E-state index in [1.165, 1.54) is 0 Å². The summed E-state index contributed by atoms with van der Waals surface area (Å²) in [6.07, 6.45) is 0. The summed E-state index contributed by atoms with van der Waals surface area (Å²) in [4.78, 5) is 12.5. The molecule has 0 saturated heterocycles. The average molecular weight is 219 g/mol. The summed E-state index contributed by atoms with van der Waals surface area (Å²) in [6, 6.07) is 3.72. The molecule has 0 aromatic carbocycles. The average Bonchev–Trinajstić information content (AvgIpc) is 2.24. The summed E-state index contributed by atoms with van der Waals surface area (Å²) in [5.74, 6) is 0.610. The van der Waals surface area contributed by atoms with E-state index in [1.54, 1.807) is 6.07 Å². The molecule has 0 N–H and O–H groups in total. The minimum atomic E-state index is 0.416. The molecule has 0 fully saturated rings. The Labute approximate surface area is 96.3 Å². The maximum absolute atomic E-state index is 8.82. The molecule has 0 bridgehead atoms. The molecule has 0 unspecified atom stereocenters. The van der Waals surface area contributed by atoms with Gasteiger partial charge in [0, 0.05) is 25.8 Å². The van der Waals surface area contributed by atoms with E-state index < -0.39 is 0 Å². The van der Waals surface area contributed by atoms with Crippen molar-refractivity contribution in [2.24, 2.45) is 0 Å².